The van der Waals surface area contributed by atoms with Crippen molar-refractivity contribution in [2.24, 2.45) is 0 Å². The number of esters is 2. The summed E-state index contributed by atoms with van der Waals surface area (Å²) in [4.78, 5) is 36.6. The molecule has 2 unspecified atom stereocenters. The van der Waals surface area contributed by atoms with Gasteiger partial charge in [0.25, 0.3) is 0 Å². The van der Waals surface area contributed by atoms with Gasteiger partial charge in [-0.2, -0.15) is 0 Å². The van der Waals surface area contributed by atoms with Crippen LogP contribution in [0.4, 0.5) is 0 Å². The highest BCUT2D eigenvalue weighted by Crippen LogP contribution is 2.14. The third-order valence-electron chi connectivity index (χ3n) is 8.09. The molecule has 0 saturated heterocycles. The summed E-state index contributed by atoms with van der Waals surface area (Å²) < 4.78 is 17.0. The van der Waals surface area contributed by atoms with E-state index >= 15 is 0 Å². The number of hydrogen-bond acceptors (Lipinski definition) is 6. The Balaban J connectivity index is 4.46. The van der Waals surface area contributed by atoms with Gasteiger partial charge in [-0.3, -0.25) is 9.59 Å². The van der Waals surface area contributed by atoms with Crippen molar-refractivity contribution in [3.8, 4) is 0 Å². The van der Waals surface area contributed by atoms with Crippen molar-refractivity contribution in [1.82, 2.24) is 0 Å². The quantitative estimate of drug-likeness (QED) is 0.0331. The van der Waals surface area contributed by atoms with Crippen molar-refractivity contribution < 1.29 is 38.2 Å². The fourth-order valence-electron chi connectivity index (χ4n) is 5.21. The van der Waals surface area contributed by atoms with Crippen LogP contribution in [0, 0.1) is 0 Å². The Morgan fingerprint density at radius 3 is 1.68 bits per heavy atom. The second kappa shape index (κ2) is 30.9. The zero-order valence-electron chi connectivity index (χ0n) is 30.7. The largest absolute Gasteiger partial charge is 0.477 e. The van der Waals surface area contributed by atoms with Crippen LogP contribution in [-0.4, -0.2) is 80.6 Å². The molecule has 0 aromatic heterocycles. The van der Waals surface area contributed by atoms with Crippen LogP contribution >= 0.6 is 0 Å². The van der Waals surface area contributed by atoms with Crippen LogP contribution in [0.25, 0.3) is 0 Å². The van der Waals surface area contributed by atoms with Crippen molar-refractivity contribution in [2.75, 3.05) is 41.0 Å². The zero-order valence-corrected chi connectivity index (χ0v) is 30.7. The van der Waals surface area contributed by atoms with E-state index in [9.17, 15) is 19.5 Å². The van der Waals surface area contributed by atoms with Crippen molar-refractivity contribution in [3.05, 3.63) is 36.5 Å². The first-order valence-corrected chi connectivity index (χ1v) is 18.5. The minimum atomic E-state index is -0.888. The fraction of sp³-hybridized carbons (Fsp3) is 0.769. The van der Waals surface area contributed by atoms with Gasteiger partial charge in [0, 0.05) is 12.8 Å². The minimum absolute atomic E-state index is 0.0269. The second-order valence-electron chi connectivity index (χ2n) is 13.5. The van der Waals surface area contributed by atoms with Crippen LogP contribution in [0.5, 0.6) is 0 Å². The molecule has 0 aliphatic heterocycles. The number of aliphatic carboxylic acids is 1. The summed E-state index contributed by atoms with van der Waals surface area (Å²) in [5.74, 6) is -1.62. The molecule has 272 valence electrons. The first kappa shape index (κ1) is 44.5. The van der Waals surface area contributed by atoms with Crippen molar-refractivity contribution >= 4 is 17.9 Å². The number of likely N-dealkylation sites (N-methyl/N-ethyl adjacent to an activating group) is 1. The number of ether oxygens (including phenoxy) is 3. The molecule has 0 saturated carbocycles. The number of carbonyl (C=O) groups is 3. The van der Waals surface area contributed by atoms with E-state index in [0.717, 1.165) is 38.5 Å². The van der Waals surface area contributed by atoms with Gasteiger partial charge in [0.1, 0.15) is 6.61 Å². The Morgan fingerprint density at radius 1 is 0.660 bits per heavy atom. The van der Waals surface area contributed by atoms with Gasteiger partial charge in [-0.25, -0.2) is 4.79 Å². The van der Waals surface area contributed by atoms with Gasteiger partial charge in [-0.15, -0.1) is 0 Å². The summed E-state index contributed by atoms with van der Waals surface area (Å²) in [6, 6.07) is -0.624. The molecule has 0 rings (SSSR count). The highest BCUT2D eigenvalue weighted by atomic mass is 16.6. The topological polar surface area (TPSA) is 99.1 Å². The number of unbranched alkanes of at least 4 members (excludes halogenated alkanes) is 13. The predicted octanol–water partition coefficient (Wildman–Crippen LogP) is 9.13. The van der Waals surface area contributed by atoms with Crippen LogP contribution in [0.1, 0.15) is 142 Å². The van der Waals surface area contributed by atoms with Gasteiger partial charge in [-0.05, 0) is 25.7 Å². The fourth-order valence-corrected chi connectivity index (χ4v) is 5.21. The summed E-state index contributed by atoms with van der Waals surface area (Å²) >= 11 is 0. The van der Waals surface area contributed by atoms with E-state index in [1.807, 2.05) is 27.2 Å². The molecule has 0 aliphatic carbocycles. The highest BCUT2D eigenvalue weighted by molar-refractivity contribution is 5.72. The van der Waals surface area contributed by atoms with Gasteiger partial charge in [-0.1, -0.05) is 134 Å². The number of nitrogens with zero attached hydrogens (tertiary/aromatic N) is 1. The van der Waals surface area contributed by atoms with Gasteiger partial charge in [0.2, 0.25) is 0 Å². The molecule has 8 nitrogen and oxygen atoms in total. The Morgan fingerprint density at radius 2 is 1.17 bits per heavy atom. The lowest BCUT2D eigenvalue weighted by molar-refractivity contribution is -0.887. The smallest absolute Gasteiger partial charge is 0.362 e. The molecular weight excluding hydrogens is 594 g/mol. The van der Waals surface area contributed by atoms with E-state index in [1.165, 1.54) is 70.6 Å². The lowest BCUT2D eigenvalue weighted by atomic mass is 10.0. The SMILES string of the molecule is CC/C=C/C/C=C/C/C=C/CC(=O)OC(COCCC(C(=O)O)[N+](C)(C)C)COC(=O)CCCCCCCCCCCCCCCC. The Bertz CT molecular complexity index is 875. The average molecular weight is 665 g/mol. The number of carbonyl (C=O) groups excluding carboxylic acids is 2. The Kier molecular flexibility index (Phi) is 29.2. The Hall–Kier alpha value is -2.45. The molecule has 0 bridgehead atoms. The molecule has 0 aromatic rings. The zero-order chi connectivity index (χ0) is 35.0. The molecule has 0 radical (unpaired) electrons. The number of allylic oxidation sites excluding steroid dienone is 5. The Labute approximate surface area is 287 Å². The first-order chi connectivity index (χ1) is 22.6. The lowest BCUT2D eigenvalue weighted by Crippen LogP contribution is -2.50. The maximum absolute atomic E-state index is 12.5. The highest BCUT2D eigenvalue weighted by Gasteiger charge is 2.31. The molecule has 8 heteroatoms. The van der Waals surface area contributed by atoms with E-state index in [-0.39, 0.29) is 36.7 Å². The third kappa shape index (κ3) is 29.4. The van der Waals surface area contributed by atoms with Gasteiger partial charge in [0.05, 0.1) is 40.8 Å². The first-order valence-electron chi connectivity index (χ1n) is 18.5. The number of rotatable bonds is 32. The van der Waals surface area contributed by atoms with Crippen LogP contribution in [0.15, 0.2) is 36.5 Å². The number of hydrogen-bond donors (Lipinski definition) is 1. The summed E-state index contributed by atoms with van der Waals surface area (Å²) in [6.45, 7) is 4.49. The maximum atomic E-state index is 12.5. The number of quaternary nitrogens is 1. The maximum Gasteiger partial charge on any atom is 0.362 e. The average Bonchev–Trinajstić information content (AvgIpc) is 3.01. The molecule has 1 N–H and O–H groups in total. The molecule has 0 spiro atoms. The van der Waals surface area contributed by atoms with Crippen molar-refractivity contribution in [3.63, 3.8) is 0 Å². The standard InChI is InChI=1S/C39H69NO7/c1-6-8-10-12-14-16-17-18-19-20-22-23-25-27-29-37(41)46-34-35(33-45-32-31-36(39(43)44)40(3,4)5)47-38(42)30-28-26-24-21-15-13-11-9-7-2/h9,11,15,21,26,28,35-36H,6-8,10,12-14,16-20,22-25,27,29-34H2,1-5H3/p+1/b11-9+,21-15+,28-26+. The molecular formula is C39H70NO7+. The normalized spacial score (nSPS) is 13.5. The molecule has 0 heterocycles. The van der Waals surface area contributed by atoms with E-state index in [2.05, 4.69) is 38.2 Å². The summed E-state index contributed by atoms with van der Waals surface area (Å²) in [6.07, 6.45) is 32.3. The van der Waals surface area contributed by atoms with E-state index in [4.69, 9.17) is 14.2 Å². The lowest BCUT2D eigenvalue weighted by Gasteiger charge is -2.31. The van der Waals surface area contributed by atoms with E-state index < -0.39 is 24.1 Å². The van der Waals surface area contributed by atoms with Crippen molar-refractivity contribution in [1.29, 1.82) is 0 Å². The van der Waals surface area contributed by atoms with Gasteiger partial charge >= 0.3 is 17.9 Å². The van der Waals surface area contributed by atoms with Crippen molar-refractivity contribution in [2.45, 2.75) is 154 Å². The monoisotopic (exact) mass is 665 g/mol. The molecule has 47 heavy (non-hydrogen) atoms. The minimum Gasteiger partial charge on any atom is -0.477 e. The van der Waals surface area contributed by atoms with Crippen LogP contribution in [0.2, 0.25) is 0 Å². The molecule has 2 atom stereocenters. The van der Waals surface area contributed by atoms with Gasteiger partial charge < -0.3 is 23.8 Å². The molecule has 0 aromatic carbocycles. The number of carboxylic acid groups (broad SMARTS) is 1. The molecule has 0 amide bonds. The third-order valence-corrected chi connectivity index (χ3v) is 8.09. The predicted molar refractivity (Wildman–Crippen MR) is 192 cm³/mol. The molecule has 0 aliphatic rings. The van der Waals surface area contributed by atoms with E-state index in [1.54, 1.807) is 6.08 Å². The molecule has 0 fully saturated rings. The summed E-state index contributed by atoms with van der Waals surface area (Å²) in [5.41, 5.74) is 0. The number of carboxylic acids is 1. The van der Waals surface area contributed by atoms with Gasteiger partial charge in [0.15, 0.2) is 12.1 Å². The van der Waals surface area contributed by atoms with Crippen LogP contribution in [0.3, 0.4) is 0 Å². The summed E-state index contributed by atoms with van der Waals surface area (Å²) in [5, 5.41) is 9.55. The second-order valence-corrected chi connectivity index (χ2v) is 13.5. The van der Waals surface area contributed by atoms with Crippen LogP contribution in [-0.2, 0) is 28.6 Å². The van der Waals surface area contributed by atoms with Crippen LogP contribution < -0.4 is 0 Å². The summed E-state index contributed by atoms with van der Waals surface area (Å²) in [7, 11) is 5.48. The van der Waals surface area contributed by atoms with E-state index in [0.29, 0.717) is 12.8 Å².